The van der Waals surface area contributed by atoms with Crippen LogP contribution in [-0.4, -0.2) is 219 Å². The van der Waals surface area contributed by atoms with Crippen LogP contribution in [0, 0.1) is 46.8 Å². The molecule has 3 fully saturated rings. The number of likely N-dealkylation sites (tertiary alicyclic amines) is 2. The average Bonchev–Trinajstić information content (AvgIpc) is 1.69. The van der Waals surface area contributed by atoms with Crippen LogP contribution in [0.15, 0.2) is 60.7 Å². The number of benzene rings is 3. The number of Topliss-reactive ketones (excluding diaryl/α,β-unsaturated/α-hetero) is 4. The lowest BCUT2D eigenvalue weighted by Crippen LogP contribution is -2.54. The van der Waals surface area contributed by atoms with E-state index in [1.165, 1.54) is 35.8 Å². The van der Waals surface area contributed by atoms with Crippen LogP contribution in [0.3, 0.4) is 0 Å². The minimum absolute atomic E-state index is 0.00520. The number of fused-ring (bicyclic) bond motifs is 1. The maximum atomic E-state index is 15.2. The number of carbonyl (C=O) groups excluding carboxylic acids is 13. The molecule has 2 aliphatic heterocycles. The molecule has 0 aromatic heterocycles. The van der Waals surface area contributed by atoms with Gasteiger partial charge in [-0.1, -0.05) is 124 Å². The molecule has 1 unspecified atom stereocenters. The molecule has 3 aromatic carbocycles. The van der Waals surface area contributed by atoms with Crippen molar-refractivity contribution < 1.29 is 86.0 Å². The van der Waals surface area contributed by atoms with Gasteiger partial charge in [0, 0.05) is 109 Å². The van der Waals surface area contributed by atoms with Crippen molar-refractivity contribution in [2.45, 2.75) is 232 Å². The maximum absolute atomic E-state index is 15.2. The van der Waals surface area contributed by atoms with Gasteiger partial charge in [-0.05, 0) is 122 Å². The lowest BCUT2D eigenvalue weighted by atomic mass is 9.83. The molecule has 3 aromatic rings. The second kappa shape index (κ2) is 43.8. The van der Waals surface area contributed by atoms with Gasteiger partial charge in [0.25, 0.3) is 0 Å². The molecular formula is C84H124N8O18S. The van der Waals surface area contributed by atoms with Crippen LogP contribution in [0.5, 0.6) is 5.75 Å². The first kappa shape index (κ1) is 91.7. The standard InChI is InChI=1S/C84H124N8O18S/c1-17-53(8)77(90(13)81(103)64(51(4)5)42-68(95)76(52(6)7)89(11)12)70(107-15)43-74(99)92-47-62(41-66(92)78(108-16)54(9)79(101)87-46-69(96)59-31-30-58-39-61(106-14)33-32-57(58)38-59)110-83(105)109-48-56-28-26-55(27-29-56)37-67(94)65(24-20-21-25-72(85)97)88-80(102)63(50(2)3)40-60(93)23-19-18-22-36-91-75(100)44-71(82(91)104)111-49-84(34-35-84)45-73(98)86-10/h26-33,38-39,50-54,62-66,70-71,76-78H,17-25,34-37,40-49H2,1-16H3,(H2,85,97)(H,86,98)(H,87,101)(H,88,102)/t53-,54+,62-,63-,64-,65-,66-,70+,71?,76-,77-,78+/m0/s1. The predicted octanol–water partition coefficient (Wildman–Crippen LogP) is 9.43. The molecular weight excluding hydrogens is 1440 g/mol. The van der Waals surface area contributed by atoms with Crippen molar-refractivity contribution in [3.63, 3.8) is 0 Å². The summed E-state index contributed by atoms with van der Waals surface area (Å²) in [6, 6.07) is 14.5. The number of carbonyl (C=O) groups is 13. The van der Waals surface area contributed by atoms with Crippen molar-refractivity contribution in [3.05, 3.63) is 77.4 Å². The van der Waals surface area contributed by atoms with Crippen LogP contribution in [0.25, 0.3) is 10.8 Å². The summed E-state index contributed by atoms with van der Waals surface area (Å²) in [7, 11) is 11.4. The predicted molar refractivity (Wildman–Crippen MR) is 424 cm³/mol. The lowest BCUT2D eigenvalue weighted by molar-refractivity contribution is -0.149. The van der Waals surface area contributed by atoms with E-state index in [0.29, 0.717) is 73.1 Å². The molecule has 2 saturated heterocycles. The summed E-state index contributed by atoms with van der Waals surface area (Å²) in [5, 5.41) is 9.56. The van der Waals surface area contributed by atoms with Crippen molar-refractivity contribution in [3.8, 4) is 5.75 Å². The van der Waals surface area contributed by atoms with Crippen molar-refractivity contribution in [1.29, 1.82) is 0 Å². The molecule has 0 radical (unpaired) electrons. The SMILES string of the molecule is CC[C@H](C)[C@@H]([C@@H](CC(=O)N1C[C@@H](OC(=O)OCc2ccc(CC(=O)[C@H](CCCCC(N)=O)NC(=O)[C@@H](CC(=O)CCCCCN3C(=O)CC(SCC4(CC(=O)NC)CC4)C3=O)C(C)C)cc2)C[C@H]1[C@H](OC)[C@@H](C)C(=O)NCC(=O)c1ccc2cc(OC)ccc2c1)OC)N(C)C(=O)[C@@H](CC(=O)[C@H](C(C)C)N(C)C)C(C)C. The summed E-state index contributed by atoms with van der Waals surface area (Å²) in [6.07, 6.45) is 1.54. The molecule has 26 nitrogen and oxygen atoms in total. The minimum Gasteiger partial charge on any atom is -0.497 e. The van der Waals surface area contributed by atoms with E-state index in [0.717, 1.165) is 23.6 Å². The van der Waals surface area contributed by atoms with Gasteiger partial charge in [0.2, 0.25) is 47.3 Å². The molecule has 0 spiro atoms. The number of imide groups is 1. The Labute approximate surface area is 660 Å². The van der Waals surface area contributed by atoms with Gasteiger partial charge >= 0.3 is 6.16 Å². The zero-order chi connectivity index (χ0) is 82.1. The summed E-state index contributed by atoms with van der Waals surface area (Å²) in [6.45, 7) is 16.5. The third kappa shape index (κ3) is 26.8. The van der Waals surface area contributed by atoms with E-state index in [2.05, 4.69) is 16.0 Å². The van der Waals surface area contributed by atoms with Gasteiger partial charge in [0.05, 0.1) is 74.2 Å². The summed E-state index contributed by atoms with van der Waals surface area (Å²) >= 11 is 1.45. The molecule has 0 bridgehead atoms. The highest BCUT2D eigenvalue weighted by Crippen LogP contribution is 2.52. The van der Waals surface area contributed by atoms with Crippen LogP contribution in [0.2, 0.25) is 0 Å². The Bertz CT molecular complexity index is 3700. The van der Waals surface area contributed by atoms with Crippen molar-refractivity contribution >= 4 is 99.1 Å². The van der Waals surface area contributed by atoms with Crippen LogP contribution >= 0.6 is 11.8 Å². The first-order valence-corrected chi connectivity index (χ1v) is 40.5. The number of unbranched alkanes of at least 4 members (excludes halogenated alkanes) is 3. The van der Waals surface area contributed by atoms with E-state index in [-0.39, 0.29) is 160 Å². The van der Waals surface area contributed by atoms with Gasteiger partial charge < -0.3 is 55.2 Å². The summed E-state index contributed by atoms with van der Waals surface area (Å²) < 4.78 is 29.3. The number of ketones is 4. The molecule has 12 atom stereocenters. The number of likely N-dealkylation sites (N-methyl/N-ethyl adjacent to an activating group) is 2. The van der Waals surface area contributed by atoms with Crippen LogP contribution < -0.4 is 26.4 Å². The number of hydrogen-bond donors (Lipinski definition) is 4. The highest BCUT2D eigenvalue weighted by atomic mass is 32.2. The molecule has 6 rings (SSSR count). The monoisotopic (exact) mass is 1560 g/mol. The number of ether oxygens (including phenoxy) is 5. The number of nitrogens with zero attached hydrogens (tertiary/aromatic N) is 4. The number of nitrogens with two attached hydrogens (primary N) is 1. The lowest BCUT2D eigenvalue weighted by Gasteiger charge is -2.41. The topological polar surface area (TPSA) is 343 Å². The van der Waals surface area contributed by atoms with Gasteiger partial charge in [-0.3, -0.25) is 67.3 Å². The Kier molecular flexibility index (Phi) is 36.2. The van der Waals surface area contributed by atoms with Gasteiger partial charge in [-0.15, -0.1) is 11.8 Å². The van der Waals surface area contributed by atoms with Crippen LogP contribution in [0.1, 0.15) is 193 Å². The number of methoxy groups -OCH3 is 3. The molecule has 27 heteroatoms. The molecule has 614 valence electrons. The highest BCUT2D eigenvalue weighted by Gasteiger charge is 2.49. The molecule has 2 heterocycles. The quantitative estimate of drug-likeness (QED) is 0.0177. The van der Waals surface area contributed by atoms with Crippen molar-refractivity contribution in [1.82, 2.24) is 35.6 Å². The average molecular weight is 1570 g/mol. The molecule has 1 saturated carbocycles. The maximum Gasteiger partial charge on any atom is 0.508 e. The largest absolute Gasteiger partial charge is 0.508 e. The van der Waals surface area contributed by atoms with Gasteiger partial charge in [0.15, 0.2) is 17.3 Å². The van der Waals surface area contributed by atoms with E-state index in [4.69, 9.17) is 29.4 Å². The summed E-state index contributed by atoms with van der Waals surface area (Å²) in [5.41, 5.74) is 6.81. The fourth-order valence-corrected chi connectivity index (χ4v) is 16.9. The fraction of sp³-hybridized carbons (Fsp3) is 0.655. The zero-order valence-electron chi connectivity index (χ0n) is 68.3. The molecule has 1 aliphatic carbocycles. The summed E-state index contributed by atoms with van der Waals surface area (Å²) in [4.78, 5) is 183. The Morgan fingerprint density at radius 1 is 0.730 bits per heavy atom. The minimum atomic E-state index is -1.06. The van der Waals surface area contributed by atoms with Gasteiger partial charge in [-0.25, -0.2) is 4.79 Å². The number of nitrogens with one attached hydrogen (secondary N) is 3. The molecule has 8 amide bonds. The number of thioether (sulfide) groups is 1. The molecule has 5 N–H and O–H groups in total. The third-order valence-corrected chi connectivity index (χ3v) is 24.1. The van der Waals surface area contributed by atoms with E-state index < -0.39 is 95.3 Å². The van der Waals surface area contributed by atoms with E-state index in [9.17, 15) is 57.5 Å². The smallest absolute Gasteiger partial charge is 0.497 e. The Hall–Kier alpha value is -8.14. The Morgan fingerprint density at radius 3 is 1.99 bits per heavy atom. The third-order valence-electron chi connectivity index (χ3n) is 22.5. The van der Waals surface area contributed by atoms with Crippen LogP contribution in [0.4, 0.5) is 4.79 Å². The fourth-order valence-electron chi connectivity index (χ4n) is 15.4. The number of rotatable bonds is 49. The molecule has 111 heavy (non-hydrogen) atoms. The number of amides is 8. The summed E-state index contributed by atoms with van der Waals surface area (Å²) in [5.74, 6) is -5.23. The van der Waals surface area contributed by atoms with E-state index >= 15 is 4.79 Å². The van der Waals surface area contributed by atoms with E-state index in [1.54, 1.807) is 81.6 Å². The zero-order valence-corrected chi connectivity index (χ0v) is 69.1. The molecule has 3 aliphatic rings. The Morgan fingerprint density at radius 2 is 1.39 bits per heavy atom. The second-order valence-corrected chi connectivity index (χ2v) is 33.2. The first-order chi connectivity index (χ1) is 52.6. The number of primary amides is 1. The van der Waals surface area contributed by atoms with Crippen LogP contribution in [-0.2, 0) is 84.7 Å². The highest BCUT2D eigenvalue weighted by molar-refractivity contribution is 8.00. The van der Waals surface area contributed by atoms with Crippen molar-refractivity contribution in [2.75, 3.05) is 74.9 Å². The van der Waals surface area contributed by atoms with Crippen molar-refractivity contribution in [2.24, 2.45) is 52.6 Å². The first-order valence-electron chi connectivity index (χ1n) is 39.5. The van der Waals surface area contributed by atoms with Gasteiger partial charge in [-0.2, -0.15) is 0 Å². The van der Waals surface area contributed by atoms with Gasteiger partial charge in [0.1, 0.15) is 24.2 Å². The second-order valence-electron chi connectivity index (χ2n) is 32.0. The Balaban J connectivity index is 1.09. The number of hydrogen-bond acceptors (Lipinski definition) is 20. The normalized spacial score (nSPS) is 18.5. The van der Waals surface area contributed by atoms with E-state index in [1.807, 2.05) is 86.5 Å².